The average Bonchev–Trinajstić information content (AvgIpc) is 2.32. The minimum Gasteiger partial charge on any atom is -0.326 e. The van der Waals surface area contributed by atoms with Crippen LogP contribution in [0.15, 0.2) is 18.2 Å². The van der Waals surface area contributed by atoms with Crippen molar-refractivity contribution in [3.8, 4) is 0 Å². The minimum absolute atomic E-state index is 0.0789. The summed E-state index contributed by atoms with van der Waals surface area (Å²) in [5.41, 5.74) is 5.97. The van der Waals surface area contributed by atoms with Crippen molar-refractivity contribution in [1.82, 2.24) is 0 Å². The first kappa shape index (κ1) is 15.1. The number of hydrogen-bond donors (Lipinski definition) is 1. The van der Waals surface area contributed by atoms with Gasteiger partial charge in [0.2, 0.25) is 0 Å². The minimum atomic E-state index is -3.24. The lowest BCUT2D eigenvalue weighted by Crippen LogP contribution is -2.12. The molecule has 0 saturated heterocycles. The molecule has 0 aliphatic rings. The molecule has 5 heteroatoms. The van der Waals surface area contributed by atoms with Crippen LogP contribution in [0, 0.1) is 5.82 Å². The van der Waals surface area contributed by atoms with Crippen LogP contribution in [0.25, 0.3) is 0 Å². The maximum atomic E-state index is 13.8. The molecule has 0 aliphatic carbocycles. The first-order valence-corrected chi connectivity index (χ1v) is 7.99. The van der Waals surface area contributed by atoms with E-state index in [9.17, 15) is 12.8 Å². The van der Waals surface area contributed by atoms with Gasteiger partial charge in [0.05, 0.1) is 11.5 Å². The molecular weight excluding hydrogens is 253 g/mol. The average molecular weight is 273 g/mol. The summed E-state index contributed by atoms with van der Waals surface area (Å²) in [7, 11) is -3.24. The number of sulfone groups is 1. The highest BCUT2D eigenvalue weighted by atomic mass is 32.2. The molecule has 3 nitrogen and oxygen atoms in total. The van der Waals surface area contributed by atoms with Crippen LogP contribution >= 0.6 is 0 Å². The molecule has 0 saturated carbocycles. The number of benzene rings is 1. The number of nitrogens with two attached hydrogens (primary N) is 1. The van der Waals surface area contributed by atoms with Gasteiger partial charge in [0.25, 0.3) is 0 Å². The molecule has 1 aromatic carbocycles. The third-order valence-electron chi connectivity index (χ3n) is 2.81. The number of hydrogen-bond acceptors (Lipinski definition) is 3. The molecule has 0 bridgehead atoms. The van der Waals surface area contributed by atoms with Crippen molar-refractivity contribution < 1.29 is 12.8 Å². The zero-order valence-electron chi connectivity index (χ0n) is 10.7. The van der Waals surface area contributed by atoms with Crippen molar-refractivity contribution >= 4 is 9.84 Å². The van der Waals surface area contributed by atoms with Gasteiger partial charge >= 0.3 is 0 Å². The predicted molar refractivity (Wildman–Crippen MR) is 71.3 cm³/mol. The van der Waals surface area contributed by atoms with Gasteiger partial charge in [-0.05, 0) is 6.42 Å². The summed E-state index contributed by atoms with van der Waals surface area (Å²) in [6.07, 6.45) is 2.48. The Morgan fingerprint density at radius 3 is 2.50 bits per heavy atom. The number of unbranched alkanes of at least 4 members (excludes halogenated alkanes) is 2. The van der Waals surface area contributed by atoms with Gasteiger partial charge in [-0.15, -0.1) is 0 Å². The summed E-state index contributed by atoms with van der Waals surface area (Å²) < 4.78 is 37.5. The largest absolute Gasteiger partial charge is 0.326 e. The van der Waals surface area contributed by atoms with Crippen LogP contribution in [-0.2, 0) is 22.1 Å². The molecular formula is C13H20FNO2S. The molecule has 0 aliphatic heterocycles. The Morgan fingerprint density at radius 2 is 1.89 bits per heavy atom. The summed E-state index contributed by atoms with van der Waals surface area (Å²) in [6, 6.07) is 4.72. The van der Waals surface area contributed by atoms with Gasteiger partial charge < -0.3 is 5.73 Å². The second-order valence-electron chi connectivity index (χ2n) is 4.39. The van der Waals surface area contributed by atoms with Crippen LogP contribution in [0.1, 0.15) is 37.3 Å². The molecule has 0 spiro atoms. The van der Waals surface area contributed by atoms with Gasteiger partial charge in [-0.25, -0.2) is 12.8 Å². The summed E-state index contributed by atoms with van der Waals surface area (Å²) >= 11 is 0. The number of rotatable bonds is 7. The second kappa shape index (κ2) is 6.85. The molecule has 0 atom stereocenters. The van der Waals surface area contributed by atoms with E-state index in [0.717, 1.165) is 12.8 Å². The Kier molecular flexibility index (Phi) is 5.75. The van der Waals surface area contributed by atoms with Gasteiger partial charge in [0.1, 0.15) is 5.82 Å². The highest BCUT2D eigenvalue weighted by Crippen LogP contribution is 2.16. The van der Waals surface area contributed by atoms with Crippen LogP contribution in [-0.4, -0.2) is 14.2 Å². The summed E-state index contributed by atoms with van der Waals surface area (Å²) in [5, 5.41) is 0. The van der Waals surface area contributed by atoms with E-state index < -0.39 is 15.7 Å². The highest BCUT2D eigenvalue weighted by molar-refractivity contribution is 7.90. The Hall–Kier alpha value is -0.940. The SMILES string of the molecule is CCCCCS(=O)(=O)Cc1cccc(CN)c1F. The Balaban J connectivity index is 2.78. The molecule has 0 unspecified atom stereocenters. The molecule has 18 heavy (non-hydrogen) atoms. The van der Waals surface area contributed by atoms with Crippen molar-refractivity contribution in [3.63, 3.8) is 0 Å². The molecule has 0 fully saturated rings. The van der Waals surface area contributed by atoms with E-state index in [1.54, 1.807) is 12.1 Å². The van der Waals surface area contributed by atoms with Crippen LogP contribution < -0.4 is 5.73 Å². The third-order valence-corrected chi connectivity index (χ3v) is 4.47. The first-order chi connectivity index (χ1) is 8.50. The van der Waals surface area contributed by atoms with Crippen molar-refractivity contribution in [3.05, 3.63) is 35.1 Å². The van der Waals surface area contributed by atoms with E-state index in [-0.39, 0.29) is 23.6 Å². The van der Waals surface area contributed by atoms with Crippen LogP contribution in [0.3, 0.4) is 0 Å². The maximum Gasteiger partial charge on any atom is 0.154 e. The maximum absolute atomic E-state index is 13.8. The Bertz CT molecular complexity index is 486. The zero-order valence-corrected chi connectivity index (χ0v) is 11.5. The fraction of sp³-hybridized carbons (Fsp3) is 0.538. The summed E-state index contributed by atoms with van der Waals surface area (Å²) in [6.45, 7) is 2.09. The molecule has 1 rings (SSSR count). The molecule has 0 aromatic heterocycles. The van der Waals surface area contributed by atoms with Gasteiger partial charge in [0, 0.05) is 17.7 Å². The van der Waals surface area contributed by atoms with Gasteiger partial charge in [0.15, 0.2) is 9.84 Å². The Morgan fingerprint density at radius 1 is 1.22 bits per heavy atom. The first-order valence-electron chi connectivity index (χ1n) is 6.17. The fourth-order valence-corrected chi connectivity index (χ4v) is 3.27. The molecule has 2 N–H and O–H groups in total. The topological polar surface area (TPSA) is 60.2 Å². The van der Waals surface area contributed by atoms with Crippen molar-refractivity contribution in [2.45, 2.75) is 38.5 Å². The quantitative estimate of drug-likeness (QED) is 0.776. The van der Waals surface area contributed by atoms with E-state index in [4.69, 9.17) is 5.73 Å². The lowest BCUT2D eigenvalue weighted by Gasteiger charge is -2.08. The van der Waals surface area contributed by atoms with E-state index in [2.05, 4.69) is 0 Å². The van der Waals surface area contributed by atoms with E-state index in [0.29, 0.717) is 12.0 Å². The van der Waals surface area contributed by atoms with Gasteiger partial charge in [-0.3, -0.25) is 0 Å². The molecule has 0 amide bonds. The van der Waals surface area contributed by atoms with Gasteiger partial charge in [-0.2, -0.15) is 0 Å². The standard InChI is InChI=1S/C13H20FNO2S/c1-2-3-4-8-18(16,17)10-12-7-5-6-11(9-15)13(12)14/h5-7H,2-4,8-10,15H2,1H3. The Labute approximate surface area is 108 Å². The molecule has 1 aromatic rings. The summed E-state index contributed by atoms with van der Waals surface area (Å²) in [4.78, 5) is 0. The van der Waals surface area contributed by atoms with Crippen molar-refractivity contribution in [2.24, 2.45) is 5.73 Å². The van der Waals surface area contributed by atoms with E-state index >= 15 is 0 Å². The zero-order chi connectivity index (χ0) is 13.6. The van der Waals surface area contributed by atoms with Crippen molar-refractivity contribution in [1.29, 1.82) is 0 Å². The third kappa shape index (κ3) is 4.38. The van der Waals surface area contributed by atoms with Crippen LogP contribution in [0.2, 0.25) is 0 Å². The van der Waals surface area contributed by atoms with E-state index in [1.165, 1.54) is 6.07 Å². The number of halogens is 1. The van der Waals surface area contributed by atoms with Crippen LogP contribution in [0.4, 0.5) is 4.39 Å². The van der Waals surface area contributed by atoms with Gasteiger partial charge in [-0.1, -0.05) is 38.0 Å². The smallest absolute Gasteiger partial charge is 0.154 e. The lowest BCUT2D eigenvalue weighted by molar-refractivity contribution is 0.578. The highest BCUT2D eigenvalue weighted by Gasteiger charge is 2.15. The summed E-state index contributed by atoms with van der Waals surface area (Å²) in [5.74, 6) is -0.608. The predicted octanol–water partition coefficient (Wildman–Crippen LogP) is 2.39. The van der Waals surface area contributed by atoms with Crippen molar-refractivity contribution in [2.75, 3.05) is 5.75 Å². The molecule has 0 radical (unpaired) electrons. The monoisotopic (exact) mass is 273 g/mol. The normalized spacial score (nSPS) is 11.7. The van der Waals surface area contributed by atoms with Crippen LogP contribution in [0.5, 0.6) is 0 Å². The van der Waals surface area contributed by atoms with E-state index in [1.807, 2.05) is 6.92 Å². The fourth-order valence-electron chi connectivity index (χ4n) is 1.78. The molecule has 102 valence electrons. The lowest BCUT2D eigenvalue weighted by atomic mass is 10.1. The second-order valence-corrected chi connectivity index (χ2v) is 6.58. The molecule has 0 heterocycles.